The van der Waals surface area contributed by atoms with Crippen molar-refractivity contribution in [3.8, 4) is 123 Å². The summed E-state index contributed by atoms with van der Waals surface area (Å²) in [4.78, 5) is 0. The lowest BCUT2D eigenvalue weighted by atomic mass is 10.2. The monoisotopic (exact) mass is 1030 g/mol. The van der Waals surface area contributed by atoms with Gasteiger partial charge in [-0.15, -0.1) is 0 Å². The molecule has 0 fully saturated rings. The minimum atomic E-state index is -5.17. The zero-order valence-electron chi connectivity index (χ0n) is 39.8. The molecular formula is C60H33N6O10P. The molecule has 0 spiro atoms. The Morgan fingerprint density at radius 1 is 0.234 bits per heavy atom. The topological polar surface area (TPSA) is 243 Å². The van der Waals surface area contributed by atoms with Crippen molar-refractivity contribution in [1.29, 1.82) is 31.6 Å². The van der Waals surface area contributed by atoms with Gasteiger partial charge < -0.3 is 42.0 Å². The van der Waals surface area contributed by atoms with Gasteiger partial charge in [0.2, 0.25) is 0 Å². The second-order valence-electron chi connectivity index (χ2n) is 16.0. The van der Waals surface area contributed by atoms with Gasteiger partial charge in [-0.2, -0.15) is 36.1 Å². The Morgan fingerprint density at radius 3 is 0.610 bits per heavy atom. The molecule has 0 atom stereocenters. The summed E-state index contributed by atoms with van der Waals surface area (Å²) in [7, 11) is -5.17. The van der Waals surface area contributed by atoms with Crippen LogP contribution in [0.4, 0.5) is 0 Å². The Labute approximate surface area is 440 Å². The van der Waals surface area contributed by atoms with Crippen LogP contribution in [0.2, 0.25) is 0 Å². The van der Waals surface area contributed by atoms with E-state index in [4.69, 9.17) is 42.0 Å². The summed E-state index contributed by atoms with van der Waals surface area (Å²) in [5.74, 6) is 1.77. The van der Waals surface area contributed by atoms with Crippen LogP contribution in [-0.4, -0.2) is 0 Å². The molecule has 9 rings (SSSR count). The molecule has 0 radical (unpaired) electrons. The average Bonchev–Trinajstić information content (AvgIpc) is 3.47. The van der Waals surface area contributed by atoms with Gasteiger partial charge in [-0.1, -0.05) is 0 Å². The first-order chi connectivity index (χ1) is 37.6. The average molecular weight is 1030 g/mol. The molecule has 0 bridgehead atoms. The molecule has 0 aromatic heterocycles. The van der Waals surface area contributed by atoms with Crippen molar-refractivity contribution in [3.63, 3.8) is 0 Å². The second-order valence-corrected chi connectivity index (χ2v) is 17.4. The maximum absolute atomic E-state index is 16.0. The molecule has 77 heavy (non-hydrogen) atoms. The number of nitriles is 6. The fourth-order valence-electron chi connectivity index (χ4n) is 6.91. The van der Waals surface area contributed by atoms with Crippen molar-refractivity contribution in [2.75, 3.05) is 0 Å². The summed E-state index contributed by atoms with van der Waals surface area (Å²) in [6.45, 7) is 0. The highest BCUT2D eigenvalue weighted by atomic mass is 31.2. The van der Waals surface area contributed by atoms with E-state index >= 15 is 4.57 Å². The summed E-state index contributed by atoms with van der Waals surface area (Å²) < 4.78 is 72.6. The van der Waals surface area contributed by atoms with Crippen molar-refractivity contribution < 1.29 is 46.6 Å². The third-order valence-electron chi connectivity index (χ3n) is 10.7. The molecule has 0 saturated carbocycles. The van der Waals surface area contributed by atoms with E-state index in [0.29, 0.717) is 50.6 Å². The van der Waals surface area contributed by atoms with E-state index in [1.807, 2.05) is 0 Å². The summed E-state index contributed by atoms with van der Waals surface area (Å²) in [6.07, 6.45) is 0. The molecule has 0 aliphatic rings. The summed E-state index contributed by atoms with van der Waals surface area (Å²) >= 11 is 0. The Hall–Kier alpha value is -11.7. The molecule has 17 heteroatoms. The van der Waals surface area contributed by atoms with Crippen LogP contribution in [0.5, 0.6) is 86.2 Å². The Balaban J connectivity index is 1.16. The molecule has 0 saturated heterocycles. The fraction of sp³-hybridized carbons (Fsp3) is 0. The zero-order chi connectivity index (χ0) is 53.6. The van der Waals surface area contributed by atoms with Crippen LogP contribution in [-0.2, 0) is 4.57 Å². The number of phosphoric ester groups is 1. The highest BCUT2D eigenvalue weighted by Crippen LogP contribution is 2.56. The first kappa shape index (κ1) is 50.3. The molecule has 0 aliphatic heterocycles. The third-order valence-corrected chi connectivity index (χ3v) is 11.9. The zero-order valence-corrected chi connectivity index (χ0v) is 40.7. The molecule has 368 valence electrons. The molecule has 0 aliphatic carbocycles. The summed E-state index contributed by atoms with van der Waals surface area (Å²) in [5, 5.41) is 56.6. The van der Waals surface area contributed by atoms with Crippen LogP contribution in [0.1, 0.15) is 33.4 Å². The highest BCUT2D eigenvalue weighted by Gasteiger charge is 2.37. The molecule has 0 N–H and O–H groups in total. The van der Waals surface area contributed by atoms with Gasteiger partial charge in [0.15, 0.2) is 34.5 Å². The first-order valence-corrected chi connectivity index (χ1v) is 24.2. The number of nitrogens with zero attached hydrogens (tertiary/aromatic N) is 6. The Kier molecular flexibility index (Phi) is 15.2. The molecule has 0 heterocycles. The molecular weight excluding hydrogens is 996 g/mol. The van der Waals surface area contributed by atoms with E-state index in [9.17, 15) is 31.6 Å². The maximum Gasteiger partial charge on any atom is 0.647 e. The van der Waals surface area contributed by atoms with Crippen LogP contribution in [0.15, 0.2) is 200 Å². The Bertz CT molecular complexity index is 3520. The van der Waals surface area contributed by atoms with Crippen LogP contribution in [0, 0.1) is 68.0 Å². The minimum absolute atomic E-state index is 0.0614. The van der Waals surface area contributed by atoms with Crippen molar-refractivity contribution in [2.45, 2.75) is 0 Å². The van der Waals surface area contributed by atoms with Gasteiger partial charge in [-0.05, 0) is 182 Å². The second kappa shape index (κ2) is 23.3. The molecule has 9 aromatic rings. The SMILES string of the molecule is N#Cc1ccc(Oc2ccc(OP(=O)(Oc3ccc(Oc4ccc(C#N)cc4)cc3Oc3ccc(C#N)cc3)Oc3ccc(Oc4ccc(C#N)cc4)cc3Oc3ccc(C#N)cc3)c(Oc3ccc(C#N)cc3)c2)cc1. The lowest BCUT2D eigenvalue weighted by molar-refractivity contribution is 0.284. The van der Waals surface area contributed by atoms with Gasteiger partial charge >= 0.3 is 7.82 Å². The van der Waals surface area contributed by atoms with E-state index < -0.39 is 7.82 Å². The first-order valence-electron chi connectivity index (χ1n) is 22.8. The number of rotatable bonds is 18. The van der Waals surface area contributed by atoms with Crippen LogP contribution >= 0.6 is 7.82 Å². The normalized spacial score (nSPS) is 10.3. The maximum atomic E-state index is 16.0. The van der Waals surface area contributed by atoms with Gasteiger partial charge in [0.1, 0.15) is 51.7 Å². The predicted octanol–water partition coefficient (Wildman–Crippen LogP) is 15.3. The van der Waals surface area contributed by atoms with Crippen molar-refractivity contribution in [2.24, 2.45) is 0 Å². The van der Waals surface area contributed by atoms with Gasteiger partial charge in [0.05, 0.1) is 69.8 Å². The van der Waals surface area contributed by atoms with Gasteiger partial charge in [-0.3, -0.25) is 0 Å². The standard InChI is InChI=1S/C60H33N6O10P/c61-34-40-1-13-46(14-2-40)68-52-25-28-55(58(31-52)71-49-19-7-43(37-64)8-20-49)74-77(67,75-56-29-26-53(69-47-15-3-41(35-62)4-16-47)32-59(56)72-50-21-9-44(38-65)10-22-50)76-57-30-27-54(70-48-17-5-42(36-63)6-18-48)33-60(57)73-51-23-11-45(39-66)12-24-51/h1-33H. The number of benzene rings is 9. The molecule has 16 nitrogen and oxygen atoms in total. The van der Waals surface area contributed by atoms with E-state index in [2.05, 4.69) is 36.4 Å². The number of phosphoric acid groups is 1. The Morgan fingerprint density at radius 2 is 0.416 bits per heavy atom. The van der Waals surface area contributed by atoms with E-state index in [1.165, 1.54) is 54.6 Å². The van der Waals surface area contributed by atoms with E-state index in [0.717, 1.165) is 0 Å². The lowest BCUT2D eigenvalue weighted by Crippen LogP contribution is -2.09. The number of ether oxygens (including phenoxy) is 6. The van der Waals surface area contributed by atoms with Crippen molar-refractivity contribution in [3.05, 3.63) is 234 Å². The van der Waals surface area contributed by atoms with Gasteiger partial charge in [0.25, 0.3) is 0 Å². The number of hydrogen-bond acceptors (Lipinski definition) is 16. The molecule has 9 aromatic carbocycles. The summed E-state index contributed by atoms with van der Waals surface area (Å²) in [6, 6.07) is 63.2. The lowest BCUT2D eigenvalue weighted by Gasteiger charge is -2.23. The highest BCUT2D eigenvalue weighted by molar-refractivity contribution is 7.49. The number of hydrogen-bond donors (Lipinski definition) is 0. The van der Waals surface area contributed by atoms with Crippen LogP contribution < -0.4 is 42.0 Å². The van der Waals surface area contributed by atoms with Gasteiger partial charge in [0, 0.05) is 18.2 Å². The van der Waals surface area contributed by atoms with Gasteiger partial charge in [-0.25, -0.2) is 0 Å². The smallest absolute Gasteiger partial charge is 0.457 e. The van der Waals surface area contributed by atoms with Crippen molar-refractivity contribution >= 4 is 7.82 Å². The van der Waals surface area contributed by atoms with E-state index in [1.54, 1.807) is 146 Å². The summed E-state index contributed by atoms with van der Waals surface area (Å²) in [5.41, 5.74) is 2.33. The predicted molar refractivity (Wildman–Crippen MR) is 276 cm³/mol. The largest absolute Gasteiger partial charge is 0.647 e. The van der Waals surface area contributed by atoms with Crippen LogP contribution in [0.3, 0.4) is 0 Å². The van der Waals surface area contributed by atoms with Crippen LogP contribution in [0.25, 0.3) is 0 Å². The third kappa shape index (κ3) is 13.1. The fourth-order valence-corrected chi connectivity index (χ4v) is 8.20. The minimum Gasteiger partial charge on any atom is -0.457 e. The quantitative estimate of drug-likeness (QED) is 0.0725. The molecule has 0 unspecified atom stereocenters. The van der Waals surface area contributed by atoms with Crippen molar-refractivity contribution in [1.82, 2.24) is 0 Å². The van der Waals surface area contributed by atoms with E-state index in [-0.39, 0.29) is 69.0 Å². The molecule has 0 amide bonds.